The predicted octanol–water partition coefficient (Wildman–Crippen LogP) is 1.57. The van der Waals surface area contributed by atoms with Gasteiger partial charge in [-0.3, -0.25) is 9.58 Å². The Labute approximate surface area is 113 Å². The van der Waals surface area contributed by atoms with Gasteiger partial charge >= 0.3 is 0 Å². The highest BCUT2D eigenvalue weighted by Gasteiger charge is 2.18. The average Bonchev–Trinajstić information content (AvgIpc) is 3.08. The molecule has 0 spiro atoms. The van der Waals surface area contributed by atoms with Crippen molar-refractivity contribution in [2.75, 3.05) is 13.1 Å². The summed E-state index contributed by atoms with van der Waals surface area (Å²) in [6.07, 6.45) is 7.17. The number of nitrogens with two attached hydrogens (primary N) is 1. The van der Waals surface area contributed by atoms with E-state index >= 15 is 0 Å². The average molecular weight is 265 g/mol. The summed E-state index contributed by atoms with van der Waals surface area (Å²) in [5.41, 5.74) is 6.58. The SMILES string of the molecule is CCN(CC(N)=NO)Cc1ccn(C2CCCC2)n1. The van der Waals surface area contributed by atoms with Crippen LogP contribution in [-0.4, -0.2) is 38.8 Å². The van der Waals surface area contributed by atoms with Crippen LogP contribution in [0.1, 0.15) is 44.3 Å². The largest absolute Gasteiger partial charge is 0.409 e. The van der Waals surface area contributed by atoms with Crippen LogP contribution in [-0.2, 0) is 6.54 Å². The maximum absolute atomic E-state index is 8.61. The molecule has 1 aliphatic carbocycles. The fourth-order valence-electron chi connectivity index (χ4n) is 2.60. The van der Waals surface area contributed by atoms with E-state index in [4.69, 9.17) is 10.9 Å². The van der Waals surface area contributed by atoms with Gasteiger partial charge in [0.1, 0.15) is 0 Å². The number of likely N-dealkylation sites (N-methyl/N-ethyl adjacent to an activating group) is 1. The van der Waals surface area contributed by atoms with Crippen LogP contribution < -0.4 is 5.73 Å². The smallest absolute Gasteiger partial charge is 0.153 e. The van der Waals surface area contributed by atoms with Crippen LogP contribution in [0, 0.1) is 0 Å². The van der Waals surface area contributed by atoms with Crippen LogP contribution in [0.4, 0.5) is 0 Å². The molecule has 1 aromatic heterocycles. The molecule has 1 heterocycles. The number of rotatable bonds is 6. The molecule has 0 aliphatic heterocycles. The van der Waals surface area contributed by atoms with Crippen molar-refractivity contribution in [2.45, 2.75) is 45.2 Å². The van der Waals surface area contributed by atoms with Crippen molar-refractivity contribution in [2.24, 2.45) is 10.9 Å². The highest BCUT2D eigenvalue weighted by atomic mass is 16.4. The van der Waals surface area contributed by atoms with Crippen molar-refractivity contribution in [3.63, 3.8) is 0 Å². The normalized spacial score (nSPS) is 17.5. The molecule has 0 bridgehead atoms. The van der Waals surface area contributed by atoms with Crippen LogP contribution in [0.3, 0.4) is 0 Å². The summed E-state index contributed by atoms with van der Waals surface area (Å²) < 4.78 is 2.10. The lowest BCUT2D eigenvalue weighted by Gasteiger charge is -2.18. The van der Waals surface area contributed by atoms with E-state index < -0.39 is 0 Å². The van der Waals surface area contributed by atoms with Crippen molar-refractivity contribution in [1.82, 2.24) is 14.7 Å². The first-order valence-electron chi connectivity index (χ1n) is 6.95. The lowest BCUT2D eigenvalue weighted by atomic mass is 10.3. The Morgan fingerprint density at radius 1 is 1.58 bits per heavy atom. The Morgan fingerprint density at radius 3 is 2.95 bits per heavy atom. The molecule has 19 heavy (non-hydrogen) atoms. The molecule has 1 aliphatic rings. The molecular weight excluding hydrogens is 242 g/mol. The molecule has 2 rings (SSSR count). The summed E-state index contributed by atoms with van der Waals surface area (Å²) in [4.78, 5) is 2.09. The quantitative estimate of drug-likeness (QED) is 0.354. The fraction of sp³-hybridized carbons (Fsp3) is 0.692. The van der Waals surface area contributed by atoms with Gasteiger partial charge in [-0.05, 0) is 25.5 Å². The molecule has 106 valence electrons. The van der Waals surface area contributed by atoms with Gasteiger partial charge in [-0.15, -0.1) is 0 Å². The zero-order chi connectivity index (χ0) is 13.7. The fourth-order valence-corrected chi connectivity index (χ4v) is 2.60. The summed E-state index contributed by atoms with van der Waals surface area (Å²) in [6.45, 7) is 4.08. The van der Waals surface area contributed by atoms with E-state index in [-0.39, 0.29) is 5.84 Å². The molecule has 6 nitrogen and oxygen atoms in total. The second-order valence-corrected chi connectivity index (χ2v) is 5.12. The Bertz CT molecular complexity index is 422. The molecule has 0 radical (unpaired) electrons. The van der Waals surface area contributed by atoms with E-state index in [1.807, 2.05) is 0 Å². The standard InChI is InChI=1S/C13H23N5O/c1-2-17(10-13(14)16-19)9-11-7-8-18(15-11)12-5-3-4-6-12/h7-8,12,19H,2-6,9-10H2,1H3,(H2,14,16). The molecule has 0 amide bonds. The molecule has 0 aromatic carbocycles. The molecule has 0 saturated heterocycles. The second kappa shape index (κ2) is 6.56. The Morgan fingerprint density at radius 2 is 2.32 bits per heavy atom. The minimum Gasteiger partial charge on any atom is -0.409 e. The maximum atomic E-state index is 8.61. The lowest BCUT2D eigenvalue weighted by molar-refractivity contribution is 0.291. The molecule has 1 saturated carbocycles. The van der Waals surface area contributed by atoms with Crippen LogP contribution in [0.25, 0.3) is 0 Å². The van der Waals surface area contributed by atoms with E-state index in [2.05, 4.69) is 39.0 Å². The first-order valence-corrected chi connectivity index (χ1v) is 6.95. The first kappa shape index (κ1) is 13.9. The monoisotopic (exact) mass is 265 g/mol. The molecular formula is C13H23N5O. The molecule has 1 fully saturated rings. The van der Waals surface area contributed by atoms with Crippen LogP contribution >= 0.6 is 0 Å². The van der Waals surface area contributed by atoms with Crippen LogP contribution in [0.15, 0.2) is 17.4 Å². The van der Waals surface area contributed by atoms with Crippen molar-refractivity contribution < 1.29 is 5.21 Å². The minimum absolute atomic E-state index is 0.233. The number of hydrogen-bond acceptors (Lipinski definition) is 4. The maximum Gasteiger partial charge on any atom is 0.153 e. The van der Waals surface area contributed by atoms with Gasteiger partial charge in [0.15, 0.2) is 5.84 Å². The van der Waals surface area contributed by atoms with Crippen molar-refractivity contribution in [1.29, 1.82) is 0 Å². The summed E-state index contributed by atoms with van der Waals surface area (Å²) in [5.74, 6) is 0.233. The molecule has 1 aromatic rings. The van der Waals surface area contributed by atoms with Crippen LogP contribution in [0.5, 0.6) is 0 Å². The Hall–Kier alpha value is -1.56. The number of nitrogens with zero attached hydrogens (tertiary/aromatic N) is 4. The summed E-state index contributed by atoms with van der Waals surface area (Å²) in [6, 6.07) is 2.64. The third-order valence-corrected chi connectivity index (χ3v) is 3.71. The summed E-state index contributed by atoms with van der Waals surface area (Å²) in [7, 11) is 0. The zero-order valence-corrected chi connectivity index (χ0v) is 11.5. The number of amidine groups is 1. The van der Waals surface area contributed by atoms with Crippen molar-refractivity contribution in [3.05, 3.63) is 18.0 Å². The molecule has 0 unspecified atom stereocenters. The Balaban J connectivity index is 1.94. The van der Waals surface area contributed by atoms with Gasteiger partial charge in [0.05, 0.1) is 18.3 Å². The minimum atomic E-state index is 0.233. The summed E-state index contributed by atoms with van der Waals surface area (Å²) >= 11 is 0. The number of hydrogen-bond donors (Lipinski definition) is 2. The zero-order valence-electron chi connectivity index (χ0n) is 11.5. The van der Waals surface area contributed by atoms with E-state index in [0.717, 1.165) is 18.8 Å². The first-order chi connectivity index (χ1) is 9.22. The molecule has 3 N–H and O–H groups in total. The molecule has 0 atom stereocenters. The number of aromatic nitrogens is 2. The third kappa shape index (κ3) is 3.70. The third-order valence-electron chi connectivity index (χ3n) is 3.71. The van der Waals surface area contributed by atoms with Crippen LogP contribution in [0.2, 0.25) is 0 Å². The highest BCUT2D eigenvalue weighted by molar-refractivity contribution is 5.81. The predicted molar refractivity (Wildman–Crippen MR) is 74.1 cm³/mol. The van der Waals surface area contributed by atoms with Gasteiger partial charge in [-0.1, -0.05) is 24.9 Å². The lowest BCUT2D eigenvalue weighted by Crippen LogP contribution is -2.33. The van der Waals surface area contributed by atoms with Gasteiger partial charge in [-0.25, -0.2) is 0 Å². The topological polar surface area (TPSA) is 79.7 Å². The molecule has 6 heteroatoms. The van der Waals surface area contributed by atoms with Gasteiger partial charge in [-0.2, -0.15) is 5.10 Å². The van der Waals surface area contributed by atoms with E-state index in [0.29, 0.717) is 12.6 Å². The van der Waals surface area contributed by atoms with Crippen molar-refractivity contribution >= 4 is 5.84 Å². The van der Waals surface area contributed by atoms with Gasteiger partial charge in [0, 0.05) is 12.7 Å². The second-order valence-electron chi connectivity index (χ2n) is 5.12. The van der Waals surface area contributed by atoms with E-state index in [9.17, 15) is 0 Å². The van der Waals surface area contributed by atoms with Gasteiger partial charge in [0.25, 0.3) is 0 Å². The summed E-state index contributed by atoms with van der Waals surface area (Å²) in [5, 5.41) is 16.3. The number of oxime groups is 1. The van der Waals surface area contributed by atoms with Gasteiger partial charge < -0.3 is 10.9 Å². The van der Waals surface area contributed by atoms with E-state index in [1.165, 1.54) is 25.7 Å². The van der Waals surface area contributed by atoms with Crippen molar-refractivity contribution in [3.8, 4) is 0 Å². The Kier molecular flexibility index (Phi) is 4.79. The highest BCUT2D eigenvalue weighted by Crippen LogP contribution is 2.28. The van der Waals surface area contributed by atoms with E-state index in [1.54, 1.807) is 0 Å². The van der Waals surface area contributed by atoms with Gasteiger partial charge in [0.2, 0.25) is 0 Å².